The monoisotopic (exact) mass is 176 g/mol. The standard InChI is InChI=1S/C7H12O3S/c8-6-7-4-2-1-3-5-11(7,9)10/h6-7H,1-5H2. The van der Waals surface area contributed by atoms with Crippen LogP contribution in [0.2, 0.25) is 0 Å². The number of carbonyl (C=O) groups excluding carboxylic acids is 1. The predicted octanol–water partition coefficient (Wildman–Crippen LogP) is 0.543. The Bertz CT molecular complexity index is 230. The Balaban J connectivity index is 2.80. The summed E-state index contributed by atoms with van der Waals surface area (Å²) in [6.07, 6.45) is 3.60. The fraction of sp³-hybridized carbons (Fsp3) is 0.857. The molecule has 0 N–H and O–H groups in total. The molecular formula is C7H12O3S. The van der Waals surface area contributed by atoms with Crippen LogP contribution in [0.5, 0.6) is 0 Å². The molecular weight excluding hydrogens is 164 g/mol. The summed E-state index contributed by atoms with van der Waals surface area (Å²) in [6.45, 7) is 0. The van der Waals surface area contributed by atoms with Gasteiger partial charge < -0.3 is 4.79 Å². The van der Waals surface area contributed by atoms with Crippen molar-refractivity contribution in [2.45, 2.75) is 30.9 Å². The van der Waals surface area contributed by atoms with E-state index in [1.807, 2.05) is 0 Å². The fourth-order valence-corrected chi connectivity index (χ4v) is 2.91. The number of rotatable bonds is 1. The largest absolute Gasteiger partial charge is 0.302 e. The van der Waals surface area contributed by atoms with Gasteiger partial charge in [0.1, 0.15) is 11.5 Å². The van der Waals surface area contributed by atoms with Crippen LogP contribution in [-0.2, 0) is 14.6 Å². The highest BCUT2D eigenvalue weighted by molar-refractivity contribution is 7.92. The Morgan fingerprint density at radius 3 is 2.55 bits per heavy atom. The van der Waals surface area contributed by atoms with Crippen LogP contribution < -0.4 is 0 Å². The molecule has 0 radical (unpaired) electrons. The molecule has 3 nitrogen and oxygen atoms in total. The van der Waals surface area contributed by atoms with Gasteiger partial charge in [-0.3, -0.25) is 0 Å². The minimum absolute atomic E-state index is 0.191. The lowest BCUT2D eigenvalue weighted by molar-refractivity contribution is -0.107. The summed E-state index contributed by atoms with van der Waals surface area (Å²) in [4.78, 5) is 10.3. The summed E-state index contributed by atoms with van der Waals surface area (Å²) in [5, 5.41) is -0.718. The fourth-order valence-electron chi connectivity index (χ4n) is 1.31. The summed E-state index contributed by atoms with van der Waals surface area (Å²) in [5.74, 6) is 0.191. The molecule has 0 bridgehead atoms. The molecule has 4 heteroatoms. The van der Waals surface area contributed by atoms with E-state index in [2.05, 4.69) is 0 Å². The average molecular weight is 176 g/mol. The maximum atomic E-state index is 11.2. The molecule has 1 heterocycles. The van der Waals surface area contributed by atoms with E-state index < -0.39 is 15.1 Å². The van der Waals surface area contributed by atoms with Crippen LogP contribution in [-0.4, -0.2) is 25.7 Å². The second kappa shape index (κ2) is 3.34. The maximum Gasteiger partial charge on any atom is 0.159 e. The van der Waals surface area contributed by atoms with Gasteiger partial charge in [-0.1, -0.05) is 12.8 Å². The summed E-state index contributed by atoms with van der Waals surface area (Å²) in [6, 6.07) is 0. The Labute approximate surface area is 66.7 Å². The summed E-state index contributed by atoms with van der Waals surface area (Å²) in [7, 11) is -3.08. The van der Waals surface area contributed by atoms with Crippen LogP contribution in [0.3, 0.4) is 0 Å². The summed E-state index contributed by atoms with van der Waals surface area (Å²) in [5.41, 5.74) is 0. The minimum atomic E-state index is -3.08. The van der Waals surface area contributed by atoms with E-state index in [1.54, 1.807) is 0 Å². The summed E-state index contributed by atoms with van der Waals surface area (Å²) < 4.78 is 22.4. The van der Waals surface area contributed by atoms with Crippen LogP contribution >= 0.6 is 0 Å². The number of sulfone groups is 1. The molecule has 0 aliphatic carbocycles. The Morgan fingerprint density at radius 2 is 1.91 bits per heavy atom. The molecule has 1 saturated heterocycles. The zero-order valence-corrected chi connectivity index (χ0v) is 7.14. The van der Waals surface area contributed by atoms with E-state index in [9.17, 15) is 13.2 Å². The second-order valence-electron chi connectivity index (χ2n) is 2.89. The number of hydrogen-bond donors (Lipinski definition) is 0. The molecule has 64 valence electrons. The van der Waals surface area contributed by atoms with Crippen LogP contribution in [0, 0.1) is 0 Å². The van der Waals surface area contributed by atoms with Gasteiger partial charge in [-0.25, -0.2) is 8.42 Å². The lowest BCUT2D eigenvalue weighted by Crippen LogP contribution is -2.23. The van der Waals surface area contributed by atoms with Crippen molar-refractivity contribution in [1.82, 2.24) is 0 Å². The number of carbonyl (C=O) groups is 1. The molecule has 1 aliphatic heterocycles. The highest BCUT2D eigenvalue weighted by Gasteiger charge is 2.26. The van der Waals surface area contributed by atoms with Gasteiger partial charge in [-0.2, -0.15) is 0 Å². The van der Waals surface area contributed by atoms with E-state index in [0.717, 1.165) is 12.8 Å². The quantitative estimate of drug-likeness (QED) is 0.548. The number of hydrogen-bond acceptors (Lipinski definition) is 3. The molecule has 1 fully saturated rings. The van der Waals surface area contributed by atoms with Crippen LogP contribution in [0.1, 0.15) is 25.7 Å². The van der Waals surface area contributed by atoms with Gasteiger partial charge in [0.05, 0.1) is 5.75 Å². The third-order valence-corrected chi connectivity index (χ3v) is 4.16. The minimum Gasteiger partial charge on any atom is -0.302 e. The average Bonchev–Trinajstić information content (AvgIpc) is 2.10. The maximum absolute atomic E-state index is 11.2. The van der Waals surface area contributed by atoms with Crippen molar-refractivity contribution >= 4 is 16.1 Å². The van der Waals surface area contributed by atoms with Gasteiger partial charge >= 0.3 is 0 Å². The van der Waals surface area contributed by atoms with Gasteiger partial charge in [-0.15, -0.1) is 0 Å². The van der Waals surface area contributed by atoms with Gasteiger partial charge in [0, 0.05) is 0 Å². The summed E-state index contributed by atoms with van der Waals surface area (Å²) >= 11 is 0. The van der Waals surface area contributed by atoms with Gasteiger partial charge in [-0.05, 0) is 12.8 Å². The van der Waals surface area contributed by atoms with Crippen LogP contribution in [0.15, 0.2) is 0 Å². The van der Waals surface area contributed by atoms with Crippen LogP contribution in [0.4, 0.5) is 0 Å². The zero-order valence-electron chi connectivity index (χ0n) is 6.32. The van der Waals surface area contributed by atoms with E-state index in [4.69, 9.17) is 0 Å². The molecule has 1 aliphatic rings. The van der Waals surface area contributed by atoms with E-state index in [1.165, 1.54) is 0 Å². The van der Waals surface area contributed by atoms with Crippen molar-refractivity contribution in [3.05, 3.63) is 0 Å². The molecule has 0 amide bonds. The first-order valence-electron chi connectivity index (χ1n) is 3.83. The van der Waals surface area contributed by atoms with E-state index in [-0.39, 0.29) is 5.75 Å². The van der Waals surface area contributed by atoms with Crippen molar-refractivity contribution in [2.75, 3.05) is 5.75 Å². The Hall–Kier alpha value is -0.380. The highest BCUT2D eigenvalue weighted by atomic mass is 32.2. The van der Waals surface area contributed by atoms with Crippen LogP contribution in [0.25, 0.3) is 0 Å². The lowest BCUT2D eigenvalue weighted by atomic mass is 10.2. The van der Waals surface area contributed by atoms with Gasteiger partial charge in [0.2, 0.25) is 0 Å². The van der Waals surface area contributed by atoms with Crippen molar-refractivity contribution in [3.63, 3.8) is 0 Å². The molecule has 1 unspecified atom stereocenters. The van der Waals surface area contributed by atoms with Crippen molar-refractivity contribution in [1.29, 1.82) is 0 Å². The predicted molar refractivity (Wildman–Crippen MR) is 42.1 cm³/mol. The smallest absolute Gasteiger partial charge is 0.159 e. The second-order valence-corrected chi connectivity index (χ2v) is 5.23. The van der Waals surface area contributed by atoms with Crippen molar-refractivity contribution in [2.24, 2.45) is 0 Å². The van der Waals surface area contributed by atoms with E-state index in [0.29, 0.717) is 19.1 Å². The molecule has 0 spiro atoms. The Kier molecular flexibility index (Phi) is 2.65. The first-order chi connectivity index (χ1) is 5.17. The molecule has 0 saturated carbocycles. The normalized spacial score (nSPS) is 30.7. The first-order valence-corrected chi connectivity index (χ1v) is 5.55. The third kappa shape index (κ3) is 2.02. The molecule has 0 aromatic carbocycles. The Morgan fingerprint density at radius 1 is 1.18 bits per heavy atom. The molecule has 11 heavy (non-hydrogen) atoms. The van der Waals surface area contributed by atoms with Crippen molar-refractivity contribution < 1.29 is 13.2 Å². The van der Waals surface area contributed by atoms with Gasteiger partial charge in [0.25, 0.3) is 0 Å². The first kappa shape index (κ1) is 8.71. The van der Waals surface area contributed by atoms with E-state index >= 15 is 0 Å². The number of aldehydes is 1. The topological polar surface area (TPSA) is 51.2 Å². The van der Waals surface area contributed by atoms with Crippen molar-refractivity contribution in [3.8, 4) is 0 Å². The molecule has 1 rings (SSSR count). The molecule has 0 aromatic heterocycles. The SMILES string of the molecule is O=CC1CCCCCS1(=O)=O. The molecule has 1 atom stereocenters. The lowest BCUT2D eigenvalue weighted by Gasteiger charge is -2.04. The highest BCUT2D eigenvalue weighted by Crippen LogP contribution is 2.17. The molecule has 0 aromatic rings. The third-order valence-electron chi connectivity index (χ3n) is 2.03. The van der Waals surface area contributed by atoms with Gasteiger partial charge in [0.15, 0.2) is 9.84 Å². The zero-order chi connectivity index (χ0) is 8.32.